The molecular weight excluding hydrogens is 298 g/mol. The van der Waals surface area contributed by atoms with Gasteiger partial charge in [-0.25, -0.2) is 0 Å². The van der Waals surface area contributed by atoms with E-state index in [-0.39, 0.29) is 18.2 Å². The van der Waals surface area contributed by atoms with Crippen LogP contribution in [0.25, 0.3) is 0 Å². The van der Waals surface area contributed by atoms with Crippen LogP contribution in [0.5, 0.6) is 0 Å². The number of carbonyl (C=O) groups is 2. The highest BCUT2D eigenvalue weighted by Crippen LogP contribution is 2.26. The van der Waals surface area contributed by atoms with Gasteiger partial charge in [0.15, 0.2) is 0 Å². The van der Waals surface area contributed by atoms with Crippen LogP contribution in [0.2, 0.25) is 5.02 Å². The van der Waals surface area contributed by atoms with Gasteiger partial charge in [0.2, 0.25) is 5.91 Å². The molecule has 6 heteroatoms. The molecule has 0 aliphatic rings. The fraction of sp³-hybridized carbons (Fsp3) is 0.429. The van der Waals surface area contributed by atoms with Crippen LogP contribution in [0, 0.1) is 5.92 Å². The van der Waals surface area contributed by atoms with Crippen LogP contribution in [0.1, 0.15) is 19.8 Å². The van der Waals surface area contributed by atoms with E-state index in [1.54, 1.807) is 6.07 Å². The molecule has 0 spiro atoms. The van der Waals surface area contributed by atoms with E-state index in [1.807, 2.05) is 25.1 Å². The van der Waals surface area contributed by atoms with Crippen molar-refractivity contribution < 1.29 is 14.7 Å². The lowest BCUT2D eigenvalue weighted by Gasteiger charge is -2.11. The standard InChI is InChI=1S/C14H18ClNO3S/c1-10(6-7-14(18)19)8-16-13(17)9-20-12-5-3-2-4-11(12)15/h2-5,10H,6-9H2,1H3,(H,16,17)(H,18,19). The number of amides is 1. The molecule has 0 saturated heterocycles. The van der Waals surface area contributed by atoms with Gasteiger partial charge in [-0.15, -0.1) is 11.8 Å². The van der Waals surface area contributed by atoms with Crippen molar-refractivity contribution >= 4 is 35.2 Å². The van der Waals surface area contributed by atoms with Gasteiger partial charge in [-0.3, -0.25) is 9.59 Å². The molecule has 0 heterocycles. The maximum Gasteiger partial charge on any atom is 0.303 e. The summed E-state index contributed by atoms with van der Waals surface area (Å²) in [6.45, 7) is 2.42. The Kier molecular flexibility index (Phi) is 7.47. The van der Waals surface area contributed by atoms with Gasteiger partial charge in [0, 0.05) is 17.9 Å². The van der Waals surface area contributed by atoms with Crippen molar-refractivity contribution in [2.75, 3.05) is 12.3 Å². The zero-order chi connectivity index (χ0) is 15.0. The molecule has 1 aromatic carbocycles. The quantitative estimate of drug-likeness (QED) is 0.724. The Labute approximate surface area is 127 Å². The molecular formula is C14H18ClNO3S. The fourth-order valence-corrected chi connectivity index (χ4v) is 2.58. The molecule has 2 N–H and O–H groups in total. The van der Waals surface area contributed by atoms with Gasteiger partial charge in [-0.05, 0) is 24.5 Å². The first-order valence-electron chi connectivity index (χ1n) is 6.35. The second kappa shape index (κ2) is 8.87. The molecule has 1 aromatic rings. The summed E-state index contributed by atoms with van der Waals surface area (Å²) in [6.07, 6.45) is 0.693. The van der Waals surface area contributed by atoms with Crippen molar-refractivity contribution in [3.05, 3.63) is 29.3 Å². The molecule has 0 aliphatic carbocycles. The van der Waals surface area contributed by atoms with Crippen molar-refractivity contribution in [2.45, 2.75) is 24.7 Å². The monoisotopic (exact) mass is 315 g/mol. The smallest absolute Gasteiger partial charge is 0.303 e. The van der Waals surface area contributed by atoms with Gasteiger partial charge in [-0.1, -0.05) is 30.7 Å². The Balaban J connectivity index is 2.24. The normalized spacial score (nSPS) is 11.9. The zero-order valence-corrected chi connectivity index (χ0v) is 12.8. The van der Waals surface area contributed by atoms with Gasteiger partial charge in [-0.2, -0.15) is 0 Å². The number of carbonyl (C=O) groups excluding carboxylic acids is 1. The predicted molar refractivity (Wildman–Crippen MR) is 81.2 cm³/mol. The van der Waals surface area contributed by atoms with E-state index in [0.29, 0.717) is 23.7 Å². The van der Waals surface area contributed by atoms with Crippen molar-refractivity contribution in [1.29, 1.82) is 0 Å². The number of halogens is 1. The molecule has 1 amide bonds. The lowest BCUT2D eigenvalue weighted by molar-refractivity contribution is -0.137. The summed E-state index contributed by atoms with van der Waals surface area (Å²) in [7, 11) is 0. The third-order valence-corrected chi connectivity index (χ3v) is 4.21. The summed E-state index contributed by atoms with van der Waals surface area (Å²) in [5.41, 5.74) is 0. The molecule has 0 fully saturated rings. The number of rotatable bonds is 8. The van der Waals surface area contributed by atoms with Gasteiger partial charge >= 0.3 is 5.97 Å². The second-order valence-electron chi connectivity index (χ2n) is 4.56. The van der Waals surface area contributed by atoms with Crippen molar-refractivity contribution in [3.63, 3.8) is 0 Å². The molecule has 1 atom stereocenters. The Bertz CT molecular complexity index is 467. The van der Waals surface area contributed by atoms with Gasteiger partial charge in [0.05, 0.1) is 10.8 Å². The summed E-state index contributed by atoms with van der Waals surface area (Å²) in [6, 6.07) is 7.38. The van der Waals surface area contributed by atoms with Crippen LogP contribution >= 0.6 is 23.4 Å². The van der Waals surface area contributed by atoms with E-state index in [4.69, 9.17) is 16.7 Å². The summed E-state index contributed by atoms with van der Waals surface area (Å²) in [5, 5.41) is 12.0. The number of benzene rings is 1. The molecule has 0 aliphatic heterocycles. The molecule has 0 bridgehead atoms. The molecule has 0 saturated carbocycles. The Morgan fingerprint density at radius 2 is 2.10 bits per heavy atom. The lowest BCUT2D eigenvalue weighted by atomic mass is 10.1. The second-order valence-corrected chi connectivity index (χ2v) is 5.99. The van der Waals surface area contributed by atoms with E-state index in [9.17, 15) is 9.59 Å². The SMILES string of the molecule is CC(CCC(=O)O)CNC(=O)CSc1ccccc1Cl. The number of hydrogen-bond donors (Lipinski definition) is 2. The van der Waals surface area contributed by atoms with Gasteiger partial charge in [0.1, 0.15) is 0 Å². The minimum absolute atomic E-state index is 0.0721. The van der Waals surface area contributed by atoms with E-state index >= 15 is 0 Å². The van der Waals surface area contributed by atoms with E-state index in [1.165, 1.54) is 11.8 Å². The maximum atomic E-state index is 11.7. The largest absolute Gasteiger partial charge is 0.481 e. The van der Waals surface area contributed by atoms with Crippen molar-refractivity contribution in [1.82, 2.24) is 5.32 Å². The molecule has 1 unspecified atom stereocenters. The fourth-order valence-electron chi connectivity index (χ4n) is 1.52. The summed E-state index contributed by atoms with van der Waals surface area (Å²) in [5.74, 6) is -0.426. The highest BCUT2D eigenvalue weighted by Gasteiger charge is 2.09. The summed E-state index contributed by atoms with van der Waals surface area (Å²) >= 11 is 7.38. The first kappa shape index (κ1) is 16.9. The molecule has 20 heavy (non-hydrogen) atoms. The van der Waals surface area contributed by atoms with Gasteiger partial charge < -0.3 is 10.4 Å². The summed E-state index contributed by atoms with van der Waals surface area (Å²) in [4.78, 5) is 23.0. The summed E-state index contributed by atoms with van der Waals surface area (Å²) < 4.78 is 0. The van der Waals surface area contributed by atoms with E-state index in [0.717, 1.165) is 4.90 Å². The average molecular weight is 316 g/mol. The first-order valence-corrected chi connectivity index (χ1v) is 7.71. The highest BCUT2D eigenvalue weighted by atomic mass is 35.5. The van der Waals surface area contributed by atoms with Crippen molar-refractivity contribution in [2.24, 2.45) is 5.92 Å². The third kappa shape index (κ3) is 6.82. The first-order chi connectivity index (χ1) is 9.49. The lowest BCUT2D eigenvalue weighted by Crippen LogP contribution is -2.29. The van der Waals surface area contributed by atoms with E-state index in [2.05, 4.69) is 5.32 Å². The van der Waals surface area contributed by atoms with Crippen molar-refractivity contribution in [3.8, 4) is 0 Å². The number of carboxylic acids is 1. The third-order valence-electron chi connectivity index (χ3n) is 2.69. The highest BCUT2D eigenvalue weighted by molar-refractivity contribution is 8.00. The zero-order valence-electron chi connectivity index (χ0n) is 11.3. The number of hydrogen-bond acceptors (Lipinski definition) is 3. The minimum atomic E-state index is -0.808. The van der Waals surface area contributed by atoms with Gasteiger partial charge in [0.25, 0.3) is 0 Å². The van der Waals surface area contributed by atoms with Crippen LogP contribution in [-0.2, 0) is 9.59 Å². The Hall–Kier alpha value is -1.20. The van der Waals surface area contributed by atoms with Crippen LogP contribution < -0.4 is 5.32 Å². The predicted octanol–water partition coefficient (Wildman–Crippen LogP) is 3.05. The number of nitrogens with one attached hydrogen (secondary N) is 1. The van der Waals surface area contributed by atoms with E-state index < -0.39 is 5.97 Å². The molecule has 0 aromatic heterocycles. The van der Waals surface area contributed by atoms with Crippen LogP contribution in [0.3, 0.4) is 0 Å². The molecule has 0 radical (unpaired) electrons. The maximum absolute atomic E-state index is 11.7. The molecule has 110 valence electrons. The molecule has 4 nitrogen and oxygen atoms in total. The number of aliphatic carboxylic acids is 1. The average Bonchev–Trinajstić information content (AvgIpc) is 2.42. The topological polar surface area (TPSA) is 66.4 Å². The van der Waals surface area contributed by atoms with Crippen LogP contribution in [-0.4, -0.2) is 29.3 Å². The van der Waals surface area contributed by atoms with Crippen LogP contribution in [0.15, 0.2) is 29.2 Å². The number of carboxylic acid groups (broad SMARTS) is 1. The van der Waals surface area contributed by atoms with Crippen LogP contribution in [0.4, 0.5) is 0 Å². The number of thioether (sulfide) groups is 1. The molecule has 1 rings (SSSR count). The minimum Gasteiger partial charge on any atom is -0.481 e. The Morgan fingerprint density at radius 3 is 2.75 bits per heavy atom. The Morgan fingerprint density at radius 1 is 1.40 bits per heavy atom.